The van der Waals surface area contributed by atoms with Crippen LogP contribution in [0.2, 0.25) is 0 Å². The van der Waals surface area contributed by atoms with Crippen molar-refractivity contribution in [2.24, 2.45) is 0 Å². The van der Waals surface area contributed by atoms with Gasteiger partial charge in [-0.3, -0.25) is 4.90 Å². The molecule has 0 aromatic heterocycles. The zero-order valence-electron chi connectivity index (χ0n) is 9.54. The SMILES string of the molecule is CC1SCCC1(C#N)N1CCCCCC1. The van der Waals surface area contributed by atoms with Crippen molar-refractivity contribution in [3.63, 3.8) is 0 Å². The molecule has 0 aromatic rings. The molecule has 0 bridgehead atoms. The molecule has 2 nitrogen and oxygen atoms in total. The topological polar surface area (TPSA) is 27.0 Å². The molecule has 0 spiro atoms. The Morgan fingerprint density at radius 1 is 1.27 bits per heavy atom. The van der Waals surface area contributed by atoms with E-state index >= 15 is 0 Å². The molecule has 15 heavy (non-hydrogen) atoms. The van der Waals surface area contributed by atoms with Gasteiger partial charge in [-0.1, -0.05) is 19.8 Å². The lowest BCUT2D eigenvalue weighted by Crippen LogP contribution is -2.51. The summed E-state index contributed by atoms with van der Waals surface area (Å²) in [6, 6.07) is 2.63. The first-order valence-corrected chi connectivity index (χ1v) is 7.12. The van der Waals surface area contributed by atoms with E-state index in [1.807, 2.05) is 11.8 Å². The number of hydrogen-bond acceptors (Lipinski definition) is 3. The smallest absolute Gasteiger partial charge is 0.121 e. The number of nitriles is 1. The molecule has 2 atom stereocenters. The number of thioether (sulfide) groups is 1. The molecule has 84 valence electrons. The first-order valence-electron chi connectivity index (χ1n) is 6.07. The van der Waals surface area contributed by atoms with E-state index in [0.717, 1.165) is 25.3 Å². The Balaban J connectivity index is 2.14. The van der Waals surface area contributed by atoms with Gasteiger partial charge in [0.25, 0.3) is 0 Å². The van der Waals surface area contributed by atoms with Crippen LogP contribution in [-0.2, 0) is 0 Å². The van der Waals surface area contributed by atoms with Crippen molar-refractivity contribution in [2.45, 2.75) is 49.8 Å². The highest BCUT2D eigenvalue weighted by Gasteiger charge is 2.45. The molecule has 2 rings (SSSR count). The van der Waals surface area contributed by atoms with E-state index in [1.165, 1.54) is 25.7 Å². The molecule has 2 heterocycles. The molecule has 2 saturated heterocycles. The van der Waals surface area contributed by atoms with Crippen LogP contribution < -0.4 is 0 Å². The van der Waals surface area contributed by atoms with Crippen molar-refractivity contribution in [1.82, 2.24) is 4.90 Å². The van der Waals surface area contributed by atoms with E-state index in [4.69, 9.17) is 0 Å². The lowest BCUT2D eigenvalue weighted by atomic mass is 9.92. The van der Waals surface area contributed by atoms with Gasteiger partial charge in [-0.05, 0) is 38.1 Å². The number of rotatable bonds is 1. The highest BCUT2D eigenvalue weighted by Crippen LogP contribution is 2.40. The average molecular weight is 224 g/mol. The molecular weight excluding hydrogens is 204 g/mol. The number of likely N-dealkylation sites (tertiary alicyclic amines) is 1. The predicted molar refractivity (Wildman–Crippen MR) is 64.9 cm³/mol. The van der Waals surface area contributed by atoms with E-state index in [9.17, 15) is 5.26 Å². The van der Waals surface area contributed by atoms with Crippen LogP contribution in [0, 0.1) is 11.3 Å². The van der Waals surface area contributed by atoms with Crippen molar-refractivity contribution >= 4 is 11.8 Å². The fourth-order valence-corrected chi connectivity index (χ4v) is 4.21. The minimum absolute atomic E-state index is 0.144. The van der Waals surface area contributed by atoms with E-state index in [2.05, 4.69) is 17.9 Å². The van der Waals surface area contributed by atoms with Crippen LogP contribution in [0.25, 0.3) is 0 Å². The highest BCUT2D eigenvalue weighted by atomic mass is 32.2. The fourth-order valence-electron chi connectivity index (χ4n) is 2.83. The molecule has 0 N–H and O–H groups in total. The summed E-state index contributed by atoms with van der Waals surface area (Å²) in [5.41, 5.74) is -0.144. The molecule has 3 heteroatoms. The molecule has 2 aliphatic rings. The summed E-state index contributed by atoms with van der Waals surface area (Å²) in [7, 11) is 0. The van der Waals surface area contributed by atoms with Crippen molar-refractivity contribution < 1.29 is 0 Å². The molecule has 0 aliphatic carbocycles. The predicted octanol–water partition coefficient (Wildman–Crippen LogP) is 2.65. The van der Waals surface area contributed by atoms with Crippen molar-refractivity contribution in [1.29, 1.82) is 5.26 Å². The zero-order chi connectivity index (χ0) is 10.7. The molecule has 0 aromatic carbocycles. The van der Waals surface area contributed by atoms with Crippen molar-refractivity contribution in [3.05, 3.63) is 0 Å². The standard InChI is InChI=1S/C12H20N2S/c1-11-12(10-13,6-9-15-11)14-7-4-2-3-5-8-14/h11H,2-9H2,1H3. The van der Waals surface area contributed by atoms with E-state index < -0.39 is 0 Å². The Bertz CT molecular complexity index is 253. The molecule has 0 amide bonds. The molecule has 2 unspecified atom stereocenters. The maximum Gasteiger partial charge on any atom is 0.121 e. The summed E-state index contributed by atoms with van der Waals surface area (Å²) in [4.78, 5) is 2.48. The molecule has 0 saturated carbocycles. The second-order valence-electron chi connectivity index (χ2n) is 4.70. The minimum Gasteiger partial charge on any atom is -0.285 e. The van der Waals surface area contributed by atoms with Crippen molar-refractivity contribution in [3.8, 4) is 6.07 Å². The Kier molecular flexibility index (Phi) is 3.58. The summed E-state index contributed by atoms with van der Waals surface area (Å²) >= 11 is 1.97. The Labute approximate surface area is 97.0 Å². The lowest BCUT2D eigenvalue weighted by molar-refractivity contribution is 0.145. The zero-order valence-corrected chi connectivity index (χ0v) is 10.4. The highest BCUT2D eigenvalue weighted by molar-refractivity contribution is 8.00. The molecule has 2 aliphatic heterocycles. The maximum absolute atomic E-state index is 9.53. The second kappa shape index (κ2) is 4.76. The van der Waals surface area contributed by atoms with Crippen LogP contribution in [0.4, 0.5) is 0 Å². The van der Waals surface area contributed by atoms with Gasteiger partial charge in [0.1, 0.15) is 5.54 Å². The molecular formula is C12H20N2S. The van der Waals surface area contributed by atoms with Gasteiger partial charge in [0, 0.05) is 5.25 Å². The van der Waals surface area contributed by atoms with Crippen LogP contribution in [-0.4, -0.2) is 34.5 Å². The van der Waals surface area contributed by atoms with Gasteiger partial charge in [-0.15, -0.1) is 0 Å². The van der Waals surface area contributed by atoms with Gasteiger partial charge in [-0.25, -0.2) is 0 Å². The van der Waals surface area contributed by atoms with Gasteiger partial charge < -0.3 is 0 Å². The third kappa shape index (κ3) is 2.03. The summed E-state index contributed by atoms with van der Waals surface area (Å²) in [5, 5.41) is 10.0. The van der Waals surface area contributed by atoms with Gasteiger partial charge in [0.15, 0.2) is 0 Å². The number of nitrogens with zero attached hydrogens (tertiary/aromatic N) is 2. The Morgan fingerprint density at radius 2 is 1.93 bits per heavy atom. The van der Waals surface area contributed by atoms with E-state index in [1.54, 1.807) is 0 Å². The largest absolute Gasteiger partial charge is 0.285 e. The first-order chi connectivity index (χ1) is 7.29. The monoisotopic (exact) mass is 224 g/mol. The fraction of sp³-hybridized carbons (Fsp3) is 0.917. The summed E-state index contributed by atoms with van der Waals surface area (Å²) in [6.45, 7) is 4.50. The average Bonchev–Trinajstić information content (AvgIpc) is 2.49. The van der Waals surface area contributed by atoms with Crippen LogP contribution in [0.3, 0.4) is 0 Å². The van der Waals surface area contributed by atoms with E-state index in [0.29, 0.717) is 5.25 Å². The van der Waals surface area contributed by atoms with Crippen LogP contribution >= 0.6 is 11.8 Å². The maximum atomic E-state index is 9.53. The second-order valence-corrected chi connectivity index (χ2v) is 6.15. The van der Waals surface area contributed by atoms with Crippen LogP contribution in [0.15, 0.2) is 0 Å². The number of hydrogen-bond donors (Lipinski definition) is 0. The Hall–Kier alpha value is -0.200. The van der Waals surface area contributed by atoms with Crippen molar-refractivity contribution in [2.75, 3.05) is 18.8 Å². The summed E-state index contributed by atoms with van der Waals surface area (Å²) < 4.78 is 0. The van der Waals surface area contributed by atoms with Gasteiger partial charge in [0.05, 0.1) is 6.07 Å². The molecule has 0 radical (unpaired) electrons. The molecule has 2 fully saturated rings. The van der Waals surface area contributed by atoms with Crippen LogP contribution in [0.1, 0.15) is 39.0 Å². The Morgan fingerprint density at radius 3 is 2.40 bits per heavy atom. The first kappa shape index (κ1) is 11.3. The lowest BCUT2D eigenvalue weighted by Gasteiger charge is -2.37. The summed E-state index contributed by atoms with van der Waals surface area (Å²) in [6.07, 6.45) is 6.32. The minimum atomic E-state index is -0.144. The summed E-state index contributed by atoms with van der Waals surface area (Å²) in [5.74, 6) is 1.16. The van der Waals surface area contributed by atoms with E-state index in [-0.39, 0.29) is 5.54 Å². The van der Waals surface area contributed by atoms with Crippen LogP contribution in [0.5, 0.6) is 0 Å². The van der Waals surface area contributed by atoms with Gasteiger partial charge >= 0.3 is 0 Å². The van der Waals surface area contributed by atoms with Gasteiger partial charge in [0.2, 0.25) is 0 Å². The third-order valence-electron chi connectivity index (χ3n) is 3.89. The normalized spacial score (nSPS) is 38.5. The van der Waals surface area contributed by atoms with Gasteiger partial charge in [-0.2, -0.15) is 17.0 Å². The third-order valence-corrected chi connectivity index (χ3v) is 5.22. The quantitative estimate of drug-likeness (QED) is 0.685.